The third-order valence-electron chi connectivity index (χ3n) is 2.80. The van der Waals surface area contributed by atoms with E-state index in [0.29, 0.717) is 6.54 Å². The van der Waals surface area contributed by atoms with Gasteiger partial charge in [-0.1, -0.05) is 6.07 Å². The highest BCUT2D eigenvalue weighted by Crippen LogP contribution is 2.17. The molecule has 2 heterocycles. The van der Waals surface area contributed by atoms with Crippen LogP contribution < -0.4 is 5.32 Å². The van der Waals surface area contributed by atoms with E-state index in [-0.39, 0.29) is 30.3 Å². The fourth-order valence-electron chi connectivity index (χ4n) is 1.99. The number of imide groups is 1. The number of nitrogens with zero attached hydrogens (tertiary/aromatic N) is 1. The van der Waals surface area contributed by atoms with Gasteiger partial charge in [0, 0.05) is 17.5 Å². The second kappa shape index (κ2) is 4.98. The summed E-state index contributed by atoms with van der Waals surface area (Å²) in [6.45, 7) is 4.36. The smallest absolute Gasteiger partial charge is 0.247 e. The van der Waals surface area contributed by atoms with Crippen molar-refractivity contribution in [2.45, 2.75) is 38.9 Å². The van der Waals surface area contributed by atoms with Crippen molar-refractivity contribution in [3.8, 4) is 0 Å². The molecule has 1 aliphatic rings. The van der Waals surface area contributed by atoms with Gasteiger partial charge < -0.3 is 5.32 Å². The van der Waals surface area contributed by atoms with Crippen LogP contribution in [-0.2, 0) is 16.1 Å². The van der Waals surface area contributed by atoms with Crippen LogP contribution in [0.3, 0.4) is 0 Å². The molecule has 2 rings (SSSR count). The number of hydrogen-bond acceptors (Lipinski definition) is 4. The maximum absolute atomic E-state index is 12.0. The summed E-state index contributed by atoms with van der Waals surface area (Å²) in [7, 11) is 0. The van der Waals surface area contributed by atoms with Gasteiger partial charge in [0.1, 0.15) is 0 Å². The molecule has 1 atom stereocenters. The summed E-state index contributed by atoms with van der Waals surface area (Å²) in [5.41, 5.74) is 0. The second-order valence-corrected chi connectivity index (χ2v) is 5.44. The minimum Gasteiger partial charge on any atom is -0.300 e. The van der Waals surface area contributed by atoms with Crippen LogP contribution >= 0.6 is 11.3 Å². The minimum absolute atomic E-state index is 0.0523. The van der Waals surface area contributed by atoms with Gasteiger partial charge >= 0.3 is 0 Å². The fourth-order valence-corrected chi connectivity index (χ4v) is 2.65. The Morgan fingerprint density at radius 2 is 2.29 bits per heavy atom. The van der Waals surface area contributed by atoms with E-state index in [0.717, 1.165) is 0 Å². The SMILES string of the molecule is CC(C)N1C(=O)CC(NCc2cccs2)C1=O. The Bertz CT molecular complexity index is 414. The van der Waals surface area contributed by atoms with E-state index in [1.54, 1.807) is 11.3 Å². The molecule has 5 heteroatoms. The highest BCUT2D eigenvalue weighted by atomic mass is 32.1. The molecule has 17 heavy (non-hydrogen) atoms. The van der Waals surface area contributed by atoms with Gasteiger partial charge in [0.25, 0.3) is 0 Å². The Hall–Kier alpha value is -1.20. The van der Waals surface area contributed by atoms with Crippen molar-refractivity contribution < 1.29 is 9.59 Å². The molecule has 0 aromatic carbocycles. The van der Waals surface area contributed by atoms with Crippen molar-refractivity contribution >= 4 is 23.2 Å². The van der Waals surface area contributed by atoms with E-state index in [4.69, 9.17) is 0 Å². The van der Waals surface area contributed by atoms with Crippen molar-refractivity contribution in [2.75, 3.05) is 0 Å². The number of carbonyl (C=O) groups is 2. The van der Waals surface area contributed by atoms with E-state index in [1.165, 1.54) is 9.78 Å². The predicted molar refractivity (Wildman–Crippen MR) is 66.6 cm³/mol. The highest BCUT2D eigenvalue weighted by molar-refractivity contribution is 7.09. The summed E-state index contributed by atoms with van der Waals surface area (Å²) in [6, 6.07) is 3.58. The first-order valence-corrected chi connectivity index (χ1v) is 6.59. The quantitative estimate of drug-likeness (QED) is 0.823. The van der Waals surface area contributed by atoms with Crippen LogP contribution in [0.2, 0.25) is 0 Å². The number of rotatable bonds is 4. The van der Waals surface area contributed by atoms with Crippen molar-refractivity contribution in [3.63, 3.8) is 0 Å². The Kier molecular flexibility index (Phi) is 3.59. The normalized spacial score (nSPS) is 20.6. The summed E-state index contributed by atoms with van der Waals surface area (Å²) in [5, 5.41) is 5.15. The largest absolute Gasteiger partial charge is 0.300 e. The third-order valence-corrected chi connectivity index (χ3v) is 3.68. The molecule has 0 aliphatic carbocycles. The third kappa shape index (κ3) is 2.56. The Labute approximate surface area is 105 Å². The molecular formula is C12H16N2O2S. The van der Waals surface area contributed by atoms with E-state index < -0.39 is 0 Å². The van der Waals surface area contributed by atoms with Crippen LogP contribution in [0.5, 0.6) is 0 Å². The van der Waals surface area contributed by atoms with Crippen molar-refractivity contribution in [3.05, 3.63) is 22.4 Å². The van der Waals surface area contributed by atoms with Crippen LogP contribution in [0.1, 0.15) is 25.1 Å². The van der Waals surface area contributed by atoms with Gasteiger partial charge in [0.05, 0.1) is 12.5 Å². The summed E-state index contributed by atoms with van der Waals surface area (Å²) in [6.07, 6.45) is 0.280. The minimum atomic E-state index is -0.355. The zero-order valence-electron chi connectivity index (χ0n) is 9.97. The molecule has 0 saturated carbocycles. The van der Waals surface area contributed by atoms with E-state index in [2.05, 4.69) is 5.32 Å². The Balaban J connectivity index is 1.95. The molecule has 1 aliphatic heterocycles. The van der Waals surface area contributed by atoms with E-state index in [9.17, 15) is 9.59 Å². The van der Waals surface area contributed by atoms with Crippen LogP contribution in [0.25, 0.3) is 0 Å². The van der Waals surface area contributed by atoms with Gasteiger partial charge in [0.2, 0.25) is 11.8 Å². The summed E-state index contributed by atoms with van der Waals surface area (Å²) >= 11 is 1.64. The molecular weight excluding hydrogens is 236 g/mol. The average molecular weight is 252 g/mol. The van der Waals surface area contributed by atoms with Crippen LogP contribution in [-0.4, -0.2) is 28.8 Å². The molecule has 2 amide bonds. The molecule has 1 unspecified atom stereocenters. The molecule has 92 valence electrons. The van der Waals surface area contributed by atoms with Gasteiger partial charge in [-0.2, -0.15) is 0 Å². The lowest BCUT2D eigenvalue weighted by Crippen LogP contribution is -2.41. The molecule has 0 spiro atoms. The molecule has 0 radical (unpaired) electrons. The van der Waals surface area contributed by atoms with Crippen molar-refractivity contribution in [2.24, 2.45) is 0 Å². The van der Waals surface area contributed by atoms with Crippen LogP contribution in [0, 0.1) is 0 Å². The second-order valence-electron chi connectivity index (χ2n) is 4.41. The van der Waals surface area contributed by atoms with E-state index >= 15 is 0 Å². The zero-order valence-corrected chi connectivity index (χ0v) is 10.8. The molecule has 1 fully saturated rings. The number of hydrogen-bond donors (Lipinski definition) is 1. The van der Waals surface area contributed by atoms with Gasteiger partial charge in [-0.05, 0) is 25.3 Å². The maximum Gasteiger partial charge on any atom is 0.247 e. The predicted octanol–water partition coefficient (Wildman–Crippen LogP) is 1.37. The Morgan fingerprint density at radius 3 is 2.82 bits per heavy atom. The summed E-state index contributed by atoms with van der Waals surface area (Å²) < 4.78 is 0. The molecule has 0 bridgehead atoms. The van der Waals surface area contributed by atoms with Crippen LogP contribution in [0.15, 0.2) is 17.5 Å². The topological polar surface area (TPSA) is 49.4 Å². The maximum atomic E-state index is 12.0. The Morgan fingerprint density at radius 1 is 1.53 bits per heavy atom. The lowest BCUT2D eigenvalue weighted by molar-refractivity contribution is -0.140. The lowest BCUT2D eigenvalue weighted by atomic mass is 10.2. The molecule has 1 aromatic heterocycles. The summed E-state index contributed by atoms with van der Waals surface area (Å²) in [5.74, 6) is -0.171. The fraction of sp³-hybridized carbons (Fsp3) is 0.500. The van der Waals surface area contributed by atoms with Gasteiger partial charge in [0.15, 0.2) is 0 Å². The van der Waals surface area contributed by atoms with Gasteiger partial charge in [-0.25, -0.2) is 0 Å². The molecule has 4 nitrogen and oxygen atoms in total. The molecule has 1 saturated heterocycles. The monoisotopic (exact) mass is 252 g/mol. The lowest BCUT2D eigenvalue weighted by Gasteiger charge is -2.19. The molecule has 1 aromatic rings. The van der Waals surface area contributed by atoms with Gasteiger partial charge in [-0.3, -0.25) is 14.5 Å². The number of likely N-dealkylation sites (tertiary alicyclic amines) is 1. The standard InChI is InChI=1S/C12H16N2O2S/c1-8(2)14-11(15)6-10(12(14)16)13-7-9-4-3-5-17-9/h3-5,8,10,13H,6-7H2,1-2H3. The van der Waals surface area contributed by atoms with Crippen LogP contribution in [0.4, 0.5) is 0 Å². The number of amides is 2. The number of carbonyl (C=O) groups excluding carboxylic acids is 2. The number of nitrogens with one attached hydrogen (secondary N) is 1. The first-order chi connectivity index (χ1) is 8.09. The first kappa shape index (κ1) is 12.3. The number of thiophene rings is 1. The highest BCUT2D eigenvalue weighted by Gasteiger charge is 2.39. The van der Waals surface area contributed by atoms with Crippen molar-refractivity contribution in [1.29, 1.82) is 0 Å². The molecule has 1 N–H and O–H groups in total. The first-order valence-electron chi connectivity index (χ1n) is 5.71. The van der Waals surface area contributed by atoms with E-state index in [1.807, 2.05) is 31.4 Å². The van der Waals surface area contributed by atoms with Crippen molar-refractivity contribution in [1.82, 2.24) is 10.2 Å². The average Bonchev–Trinajstić information content (AvgIpc) is 2.84. The zero-order chi connectivity index (χ0) is 12.4. The van der Waals surface area contributed by atoms with Gasteiger partial charge in [-0.15, -0.1) is 11.3 Å². The summed E-state index contributed by atoms with van der Waals surface area (Å²) in [4.78, 5) is 26.2.